The van der Waals surface area contributed by atoms with Gasteiger partial charge in [0.15, 0.2) is 0 Å². The first-order chi connectivity index (χ1) is 13.0. The molecule has 27 heavy (non-hydrogen) atoms. The molecule has 0 saturated carbocycles. The van der Waals surface area contributed by atoms with Crippen molar-refractivity contribution in [2.75, 3.05) is 13.7 Å². The second kappa shape index (κ2) is 8.14. The Balaban J connectivity index is 1.96. The van der Waals surface area contributed by atoms with Crippen LogP contribution in [0.2, 0.25) is 0 Å². The molecule has 1 N–H and O–H groups in total. The topological polar surface area (TPSA) is 73.2 Å². The summed E-state index contributed by atoms with van der Waals surface area (Å²) < 4.78 is 6.71. The molecule has 0 saturated heterocycles. The van der Waals surface area contributed by atoms with Crippen molar-refractivity contribution in [3.8, 4) is 0 Å². The summed E-state index contributed by atoms with van der Waals surface area (Å²) in [7, 11) is 1.59. The molecular weight excluding hydrogens is 342 g/mol. The maximum Gasteiger partial charge on any atom is 0.261 e. The van der Waals surface area contributed by atoms with Crippen LogP contribution in [0, 0.1) is 6.92 Å². The molecular formula is C21H23N3O3. The van der Waals surface area contributed by atoms with Gasteiger partial charge in [0.2, 0.25) is 0 Å². The Kier molecular flexibility index (Phi) is 5.66. The molecule has 1 atom stereocenters. The molecule has 0 radical (unpaired) electrons. The van der Waals surface area contributed by atoms with Gasteiger partial charge < -0.3 is 10.1 Å². The standard InChI is InChI=1S/C21H23N3O3/c1-14-8-10-16(11-9-14)20(25)22-15(2)19-23-18-7-5-4-6-17(18)21(26)24(19)12-13-27-3/h4-11,15H,12-13H2,1-3H3,(H,22,25)/t15-/m1/s1. The predicted molar refractivity (Wildman–Crippen MR) is 105 cm³/mol. The van der Waals surface area contributed by atoms with Crippen molar-refractivity contribution in [1.29, 1.82) is 0 Å². The van der Waals surface area contributed by atoms with Crippen LogP contribution in [0.1, 0.15) is 34.7 Å². The van der Waals surface area contributed by atoms with Gasteiger partial charge in [-0.25, -0.2) is 4.98 Å². The number of hydrogen-bond acceptors (Lipinski definition) is 4. The van der Waals surface area contributed by atoms with Crippen LogP contribution < -0.4 is 10.9 Å². The van der Waals surface area contributed by atoms with E-state index in [0.29, 0.717) is 35.4 Å². The fraction of sp³-hybridized carbons (Fsp3) is 0.286. The van der Waals surface area contributed by atoms with Gasteiger partial charge in [-0.3, -0.25) is 14.2 Å². The van der Waals surface area contributed by atoms with Crippen molar-refractivity contribution in [2.24, 2.45) is 0 Å². The zero-order chi connectivity index (χ0) is 19.4. The van der Waals surface area contributed by atoms with Crippen molar-refractivity contribution in [3.63, 3.8) is 0 Å². The fourth-order valence-electron chi connectivity index (χ4n) is 2.96. The Morgan fingerprint density at radius 1 is 1.19 bits per heavy atom. The summed E-state index contributed by atoms with van der Waals surface area (Å²) in [5, 5.41) is 3.49. The van der Waals surface area contributed by atoms with Crippen LogP contribution in [-0.4, -0.2) is 29.2 Å². The number of nitrogens with one attached hydrogen (secondary N) is 1. The number of benzene rings is 2. The minimum absolute atomic E-state index is 0.135. The van der Waals surface area contributed by atoms with Gasteiger partial charge in [0.05, 0.1) is 30.1 Å². The third-order valence-electron chi connectivity index (χ3n) is 4.46. The van der Waals surface area contributed by atoms with Crippen LogP contribution in [-0.2, 0) is 11.3 Å². The second-order valence-corrected chi connectivity index (χ2v) is 6.50. The van der Waals surface area contributed by atoms with Gasteiger partial charge in [-0.2, -0.15) is 0 Å². The minimum atomic E-state index is -0.437. The maximum atomic E-state index is 12.9. The minimum Gasteiger partial charge on any atom is -0.383 e. The lowest BCUT2D eigenvalue weighted by Gasteiger charge is -2.19. The van der Waals surface area contributed by atoms with Crippen molar-refractivity contribution in [3.05, 3.63) is 75.8 Å². The summed E-state index contributed by atoms with van der Waals surface area (Å²) in [5.74, 6) is 0.305. The molecule has 6 nitrogen and oxygen atoms in total. The Morgan fingerprint density at radius 3 is 2.59 bits per heavy atom. The van der Waals surface area contributed by atoms with E-state index < -0.39 is 6.04 Å². The van der Waals surface area contributed by atoms with Gasteiger partial charge in [0.1, 0.15) is 5.82 Å². The van der Waals surface area contributed by atoms with Gasteiger partial charge in [0.25, 0.3) is 11.5 Å². The molecule has 140 valence electrons. The number of carbonyl (C=O) groups is 1. The first kappa shape index (κ1) is 18.8. The van der Waals surface area contributed by atoms with E-state index in [0.717, 1.165) is 5.56 Å². The second-order valence-electron chi connectivity index (χ2n) is 6.50. The molecule has 0 spiro atoms. The first-order valence-corrected chi connectivity index (χ1v) is 8.87. The summed E-state index contributed by atoms with van der Waals surface area (Å²) in [6.07, 6.45) is 0. The van der Waals surface area contributed by atoms with Crippen LogP contribution >= 0.6 is 0 Å². The van der Waals surface area contributed by atoms with Crippen LogP contribution in [0.15, 0.2) is 53.3 Å². The molecule has 0 unspecified atom stereocenters. The predicted octanol–water partition coefficient (Wildman–Crippen LogP) is 2.84. The van der Waals surface area contributed by atoms with Gasteiger partial charge in [-0.1, -0.05) is 29.8 Å². The Labute approximate surface area is 157 Å². The number of hydrogen-bond donors (Lipinski definition) is 1. The van der Waals surface area contributed by atoms with Crippen LogP contribution in [0.4, 0.5) is 0 Å². The van der Waals surface area contributed by atoms with Crippen molar-refractivity contribution < 1.29 is 9.53 Å². The molecule has 3 rings (SSSR count). The van der Waals surface area contributed by atoms with E-state index in [4.69, 9.17) is 4.74 Å². The molecule has 6 heteroatoms. The average Bonchev–Trinajstić information content (AvgIpc) is 2.67. The molecule has 1 aromatic heterocycles. The number of methoxy groups -OCH3 is 1. The van der Waals surface area contributed by atoms with E-state index in [2.05, 4.69) is 10.3 Å². The van der Waals surface area contributed by atoms with Crippen LogP contribution in [0.25, 0.3) is 10.9 Å². The largest absolute Gasteiger partial charge is 0.383 e. The summed E-state index contributed by atoms with van der Waals surface area (Å²) in [6.45, 7) is 4.54. The number of fused-ring (bicyclic) bond motifs is 1. The number of aryl methyl sites for hydroxylation is 1. The molecule has 0 aliphatic rings. The van der Waals surface area contributed by atoms with E-state index >= 15 is 0 Å². The summed E-state index contributed by atoms with van der Waals surface area (Å²) >= 11 is 0. The summed E-state index contributed by atoms with van der Waals surface area (Å²) in [6, 6.07) is 14.1. The number of aromatic nitrogens is 2. The molecule has 0 fully saturated rings. The summed E-state index contributed by atoms with van der Waals surface area (Å²) in [4.78, 5) is 30.1. The fourth-order valence-corrected chi connectivity index (χ4v) is 2.96. The van der Waals surface area contributed by atoms with Crippen LogP contribution in [0.3, 0.4) is 0 Å². The maximum absolute atomic E-state index is 12.9. The van der Waals surface area contributed by atoms with Crippen molar-refractivity contribution >= 4 is 16.8 Å². The van der Waals surface area contributed by atoms with Crippen molar-refractivity contribution in [2.45, 2.75) is 26.4 Å². The van der Waals surface area contributed by atoms with Gasteiger partial charge in [-0.15, -0.1) is 0 Å². The Morgan fingerprint density at radius 2 is 1.89 bits per heavy atom. The lowest BCUT2D eigenvalue weighted by molar-refractivity contribution is 0.0937. The third kappa shape index (κ3) is 4.06. The number of ether oxygens (including phenoxy) is 1. The van der Waals surface area contributed by atoms with E-state index in [1.807, 2.05) is 38.1 Å². The highest BCUT2D eigenvalue weighted by Gasteiger charge is 2.19. The van der Waals surface area contributed by atoms with Gasteiger partial charge in [0, 0.05) is 12.7 Å². The molecule has 0 aliphatic carbocycles. The molecule has 2 aromatic carbocycles. The number of carbonyl (C=O) groups excluding carboxylic acids is 1. The van der Waals surface area contributed by atoms with E-state index in [1.165, 1.54) is 0 Å². The lowest BCUT2D eigenvalue weighted by Crippen LogP contribution is -2.34. The number of nitrogens with zero attached hydrogens (tertiary/aromatic N) is 2. The summed E-state index contributed by atoms with van der Waals surface area (Å²) in [5.41, 5.74) is 2.13. The van der Waals surface area contributed by atoms with E-state index in [1.54, 1.807) is 35.9 Å². The quantitative estimate of drug-likeness (QED) is 0.729. The molecule has 0 bridgehead atoms. The molecule has 1 heterocycles. The van der Waals surface area contributed by atoms with Gasteiger partial charge in [-0.05, 0) is 38.1 Å². The highest BCUT2D eigenvalue weighted by atomic mass is 16.5. The van der Waals surface area contributed by atoms with E-state index in [-0.39, 0.29) is 11.5 Å². The first-order valence-electron chi connectivity index (χ1n) is 8.87. The number of para-hydroxylation sites is 1. The zero-order valence-electron chi connectivity index (χ0n) is 15.7. The molecule has 1 amide bonds. The Hall–Kier alpha value is -2.99. The van der Waals surface area contributed by atoms with Crippen molar-refractivity contribution in [1.82, 2.24) is 14.9 Å². The molecule has 3 aromatic rings. The van der Waals surface area contributed by atoms with E-state index in [9.17, 15) is 9.59 Å². The number of amides is 1. The normalized spacial score (nSPS) is 12.1. The molecule has 0 aliphatic heterocycles. The zero-order valence-corrected chi connectivity index (χ0v) is 15.7. The highest BCUT2D eigenvalue weighted by Crippen LogP contribution is 2.15. The van der Waals surface area contributed by atoms with Gasteiger partial charge >= 0.3 is 0 Å². The SMILES string of the molecule is COCCn1c([C@@H](C)NC(=O)c2ccc(C)cc2)nc2ccccc2c1=O. The average molecular weight is 365 g/mol. The Bertz CT molecular complexity index is 1010. The lowest BCUT2D eigenvalue weighted by atomic mass is 10.1. The number of rotatable bonds is 6. The highest BCUT2D eigenvalue weighted by molar-refractivity contribution is 5.94. The van der Waals surface area contributed by atoms with Crippen LogP contribution in [0.5, 0.6) is 0 Å². The monoisotopic (exact) mass is 365 g/mol. The third-order valence-corrected chi connectivity index (χ3v) is 4.46. The smallest absolute Gasteiger partial charge is 0.261 e.